The number of rotatable bonds is 7. The van der Waals surface area contributed by atoms with E-state index in [0.717, 1.165) is 5.56 Å². The van der Waals surface area contributed by atoms with Crippen molar-refractivity contribution in [3.05, 3.63) is 47.7 Å². The van der Waals surface area contributed by atoms with Gasteiger partial charge in [-0.1, -0.05) is 30.3 Å². The number of hydrogen-bond donors (Lipinski definition) is 2. The number of carbonyl (C=O) groups is 1. The van der Waals surface area contributed by atoms with E-state index in [1.165, 1.54) is 6.20 Å². The molecule has 5 heteroatoms. The van der Waals surface area contributed by atoms with Crippen LogP contribution in [0.25, 0.3) is 0 Å². The van der Waals surface area contributed by atoms with Crippen molar-refractivity contribution in [3.8, 4) is 6.07 Å². The molecular formula is C15H18ClN3O. The monoisotopic (exact) mass is 291 g/mol. The third-order valence-corrected chi connectivity index (χ3v) is 3.01. The molecule has 0 aromatic heterocycles. The molecule has 1 amide bonds. The number of alkyl halides is 1. The molecule has 2 N–H and O–H groups in total. The zero-order valence-electron chi connectivity index (χ0n) is 11.4. The Bertz CT molecular complexity index is 494. The second kappa shape index (κ2) is 9.00. The molecule has 106 valence electrons. The van der Waals surface area contributed by atoms with E-state index < -0.39 is 0 Å². The SMILES string of the molecule is CC(N/C=C(/C#N)C(=O)NCCCCl)c1ccccc1. The summed E-state index contributed by atoms with van der Waals surface area (Å²) in [4.78, 5) is 11.7. The minimum atomic E-state index is -0.384. The topological polar surface area (TPSA) is 64.9 Å². The van der Waals surface area contributed by atoms with E-state index in [1.807, 2.05) is 43.3 Å². The second-order valence-electron chi connectivity index (χ2n) is 4.27. The summed E-state index contributed by atoms with van der Waals surface area (Å²) in [5.74, 6) is 0.0974. The lowest BCUT2D eigenvalue weighted by atomic mass is 10.1. The first-order valence-electron chi connectivity index (χ1n) is 6.44. The van der Waals surface area contributed by atoms with Crippen molar-refractivity contribution < 1.29 is 4.79 Å². The highest BCUT2D eigenvalue weighted by Gasteiger charge is 2.09. The summed E-state index contributed by atoms with van der Waals surface area (Å²) >= 11 is 5.53. The van der Waals surface area contributed by atoms with Gasteiger partial charge in [0.15, 0.2) is 0 Å². The summed E-state index contributed by atoms with van der Waals surface area (Å²) in [5, 5.41) is 14.7. The number of nitrogens with one attached hydrogen (secondary N) is 2. The normalized spacial score (nSPS) is 12.3. The van der Waals surface area contributed by atoms with Gasteiger partial charge in [0.25, 0.3) is 5.91 Å². The molecule has 1 aromatic rings. The summed E-state index contributed by atoms with van der Waals surface area (Å²) in [5.41, 5.74) is 1.14. The van der Waals surface area contributed by atoms with Crippen molar-refractivity contribution >= 4 is 17.5 Å². The predicted molar refractivity (Wildman–Crippen MR) is 80.0 cm³/mol. The van der Waals surface area contributed by atoms with Gasteiger partial charge in [0.2, 0.25) is 0 Å². The van der Waals surface area contributed by atoms with E-state index in [2.05, 4.69) is 10.6 Å². The van der Waals surface area contributed by atoms with Gasteiger partial charge in [-0.05, 0) is 18.9 Å². The lowest BCUT2D eigenvalue weighted by Gasteiger charge is -2.12. The lowest BCUT2D eigenvalue weighted by Crippen LogP contribution is -2.27. The van der Waals surface area contributed by atoms with Gasteiger partial charge in [-0.25, -0.2) is 0 Å². The summed E-state index contributed by atoms with van der Waals surface area (Å²) in [6.07, 6.45) is 2.13. The predicted octanol–water partition coefficient (Wildman–Crippen LogP) is 2.49. The molecule has 0 aliphatic heterocycles. The fourth-order valence-corrected chi connectivity index (χ4v) is 1.69. The smallest absolute Gasteiger partial charge is 0.263 e. The van der Waals surface area contributed by atoms with Crippen LogP contribution in [0.3, 0.4) is 0 Å². The van der Waals surface area contributed by atoms with Crippen LogP contribution in [0.2, 0.25) is 0 Å². The van der Waals surface area contributed by atoms with Crippen molar-refractivity contribution in [2.75, 3.05) is 12.4 Å². The largest absolute Gasteiger partial charge is 0.383 e. The molecule has 0 saturated heterocycles. The number of benzene rings is 1. The molecule has 0 fully saturated rings. The number of hydrogen-bond acceptors (Lipinski definition) is 3. The van der Waals surface area contributed by atoms with Crippen LogP contribution < -0.4 is 10.6 Å². The van der Waals surface area contributed by atoms with Crippen LogP contribution in [-0.4, -0.2) is 18.3 Å². The number of nitriles is 1. The first kappa shape index (κ1) is 16.1. The number of carbonyl (C=O) groups excluding carboxylic acids is 1. The average molecular weight is 292 g/mol. The molecule has 0 radical (unpaired) electrons. The Morgan fingerprint density at radius 2 is 2.15 bits per heavy atom. The molecule has 4 nitrogen and oxygen atoms in total. The molecule has 1 unspecified atom stereocenters. The van der Waals surface area contributed by atoms with Gasteiger partial charge in [0.1, 0.15) is 11.6 Å². The zero-order chi connectivity index (χ0) is 14.8. The van der Waals surface area contributed by atoms with E-state index in [4.69, 9.17) is 16.9 Å². The summed E-state index contributed by atoms with van der Waals surface area (Å²) in [6, 6.07) is 11.7. The maximum Gasteiger partial charge on any atom is 0.263 e. The highest BCUT2D eigenvalue weighted by molar-refractivity contribution is 6.17. The van der Waals surface area contributed by atoms with E-state index in [9.17, 15) is 4.79 Å². The highest BCUT2D eigenvalue weighted by atomic mass is 35.5. The summed E-state index contributed by atoms with van der Waals surface area (Å²) < 4.78 is 0. The highest BCUT2D eigenvalue weighted by Crippen LogP contribution is 2.11. The molecule has 0 spiro atoms. The van der Waals surface area contributed by atoms with Crippen molar-refractivity contribution in [2.45, 2.75) is 19.4 Å². The zero-order valence-corrected chi connectivity index (χ0v) is 12.2. The molecule has 0 aliphatic carbocycles. The molecule has 0 bridgehead atoms. The van der Waals surface area contributed by atoms with Crippen LogP contribution >= 0.6 is 11.6 Å². The second-order valence-corrected chi connectivity index (χ2v) is 4.65. The number of halogens is 1. The maximum absolute atomic E-state index is 11.7. The Balaban J connectivity index is 2.57. The molecule has 0 saturated carbocycles. The quantitative estimate of drug-likeness (QED) is 0.351. The Kier molecular flexibility index (Phi) is 7.23. The fourth-order valence-electron chi connectivity index (χ4n) is 1.56. The van der Waals surface area contributed by atoms with Gasteiger partial charge in [0.05, 0.1) is 0 Å². The van der Waals surface area contributed by atoms with Crippen molar-refractivity contribution in [3.63, 3.8) is 0 Å². The van der Waals surface area contributed by atoms with Crippen molar-refractivity contribution in [2.24, 2.45) is 0 Å². The molecule has 20 heavy (non-hydrogen) atoms. The van der Waals surface area contributed by atoms with Gasteiger partial charge in [0, 0.05) is 24.7 Å². The average Bonchev–Trinajstić information content (AvgIpc) is 2.49. The number of nitrogens with zero attached hydrogens (tertiary/aromatic N) is 1. The standard InChI is InChI=1S/C15H18ClN3O/c1-12(13-6-3-2-4-7-13)19-11-14(10-17)15(20)18-9-5-8-16/h2-4,6-7,11-12,19H,5,8-9H2,1H3,(H,18,20)/b14-11-. The van der Waals surface area contributed by atoms with E-state index in [0.29, 0.717) is 18.8 Å². The first-order chi connectivity index (χ1) is 9.69. The van der Waals surface area contributed by atoms with Crippen LogP contribution in [0.4, 0.5) is 0 Å². The Morgan fingerprint density at radius 3 is 2.75 bits per heavy atom. The van der Waals surface area contributed by atoms with E-state index >= 15 is 0 Å². The lowest BCUT2D eigenvalue weighted by molar-refractivity contribution is -0.117. The molecule has 1 aromatic carbocycles. The van der Waals surface area contributed by atoms with Gasteiger partial charge < -0.3 is 10.6 Å². The Morgan fingerprint density at radius 1 is 1.45 bits per heavy atom. The molecule has 0 heterocycles. The van der Waals surface area contributed by atoms with Crippen LogP contribution in [0, 0.1) is 11.3 Å². The fraction of sp³-hybridized carbons (Fsp3) is 0.333. The molecule has 1 rings (SSSR count). The van der Waals surface area contributed by atoms with Crippen LogP contribution in [-0.2, 0) is 4.79 Å². The first-order valence-corrected chi connectivity index (χ1v) is 6.98. The summed E-state index contributed by atoms with van der Waals surface area (Å²) in [7, 11) is 0. The third kappa shape index (κ3) is 5.33. The van der Waals surface area contributed by atoms with Gasteiger partial charge in [-0.15, -0.1) is 11.6 Å². The Labute approximate surface area is 124 Å². The minimum absolute atomic E-state index is 0.0233. The molecule has 0 aliphatic rings. The maximum atomic E-state index is 11.7. The van der Waals surface area contributed by atoms with Crippen LogP contribution in [0.5, 0.6) is 0 Å². The van der Waals surface area contributed by atoms with Gasteiger partial charge >= 0.3 is 0 Å². The summed E-state index contributed by atoms with van der Waals surface area (Å²) in [6.45, 7) is 2.43. The van der Waals surface area contributed by atoms with Crippen molar-refractivity contribution in [1.29, 1.82) is 5.26 Å². The van der Waals surface area contributed by atoms with E-state index in [1.54, 1.807) is 0 Å². The minimum Gasteiger partial charge on any atom is -0.383 e. The molecule has 1 atom stereocenters. The van der Waals surface area contributed by atoms with Gasteiger partial charge in [-0.3, -0.25) is 4.79 Å². The van der Waals surface area contributed by atoms with E-state index in [-0.39, 0.29) is 17.5 Å². The van der Waals surface area contributed by atoms with Crippen LogP contribution in [0.1, 0.15) is 24.9 Å². The van der Waals surface area contributed by atoms with Gasteiger partial charge in [-0.2, -0.15) is 5.26 Å². The number of amides is 1. The van der Waals surface area contributed by atoms with Crippen molar-refractivity contribution in [1.82, 2.24) is 10.6 Å². The Hall–Kier alpha value is -1.99. The third-order valence-electron chi connectivity index (χ3n) is 2.74. The van der Waals surface area contributed by atoms with Crippen LogP contribution in [0.15, 0.2) is 42.1 Å². The molecular weight excluding hydrogens is 274 g/mol.